The second-order valence-electron chi connectivity index (χ2n) is 5.09. The fourth-order valence-electron chi connectivity index (χ4n) is 1.93. The Hall–Kier alpha value is -0.770. The molecule has 0 heterocycles. The Morgan fingerprint density at radius 2 is 1.88 bits per heavy atom. The van der Waals surface area contributed by atoms with Crippen LogP contribution in [0.15, 0.2) is 0 Å². The average Bonchev–Trinajstić information content (AvgIpc) is 2.21. The average molecular weight is 247 g/mol. The summed E-state index contributed by atoms with van der Waals surface area (Å²) in [5.74, 6) is -0.652. The van der Waals surface area contributed by atoms with Crippen molar-refractivity contribution >= 4 is 23.5 Å². The molecule has 2 N–H and O–H groups in total. The second-order valence-corrected chi connectivity index (χ2v) is 5.36. The van der Waals surface area contributed by atoms with Crippen molar-refractivity contribution in [2.75, 3.05) is 5.88 Å². The number of imide groups is 1. The molecule has 0 aromatic carbocycles. The molecule has 1 fully saturated rings. The Bertz CT molecular complexity index is 269. The number of urea groups is 1. The van der Waals surface area contributed by atoms with E-state index in [0.717, 1.165) is 25.7 Å². The number of carbonyl (C=O) groups excluding carboxylic acids is 2. The van der Waals surface area contributed by atoms with Crippen LogP contribution in [-0.2, 0) is 4.79 Å². The van der Waals surface area contributed by atoms with Gasteiger partial charge in [0.05, 0.1) is 0 Å². The third kappa shape index (κ3) is 4.39. The van der Waals surface area contributed by atoms with E-state index >= 15 is 0 Å². The molecule has 0 spiro atoms. The molecule has 1 aliphatic rings. The van der Waals surface area contributed by atoms with Crippen LogP contribution in [0.2, 0.25) is 0 Å². The predicted molar refractivity (Wildman–Crippen MR) is 63.4 cm³/mol. The lowest BCUT2D eigenvalue weighted by Crippen LogP contribution is -2.46. The first kappa shape index (κ1) is 13.3. The summed E-state index contributed by atoms with van der Waals surface area (Å²) in [6.07, 6.45) is 4.13. The van der Waals surface area contributed by atoms with Gasteiger partial charge in [-0.15, -0.1) is 11.6 Å². The van der Waals surface area contributed by atoms with Crippen LogP contribution in [0, 0.1) is 5.41 Å². The van der Waals surface area contributed by atoms with Gasteiger partial charge in [-0.1, -0.05) is 13.8 Å². The minimum absolute atomic E-state index is 0.177. The van der Waals surface area contributed by atoms with Crippen molar-refractivity contribution in [3.8, 4) is 0 Å². The highest BCUT2D eigenvalue weighted by Gasteiger charge is 2.27. The summed E-state index contributed by atoms with van der Waals surface area (Å²) in [5, 5.41) is 4.97. The van der Waals surface area contributed by atoms with Crippen LogP contribution in [0.25, 0.3) is 0 Å². The van der Waals surface area contributed by atoms with Gasteiger partial charge in [0.15, 0.2) is 0 Å². The molecule has 0 radical (unpaired) electrons. The van der Waals surface area contributed by atoms with Crippen LogP contribution < -0.4 is 10.6 Å². The zero-order valence-corrected chi connectivity index (χ0v) is 10.6. The van der Waals surface area contributed by atoms with Crippen molar-refractivity contribution in [3.63, 3.8) is 0 Å². The first-order valence-corrected chi connectivity index (χ1v) is 6.13. The summed E-state index contributed by atoms with van der Waals surface area (Å²) in [7, 11) is 0. The van der Waals surface area contributed by atoms with E-state index in [1.165, 1.54) is 0 Å². The van der Waals surface area contributed by atoms with E-state index in [2.05, 4.69) is 24.5 Å². The number of carbonyl (C=O) groups is 2. The van der Waals surface area contributed by atoms with E-state index in [1.807, 2.05) is 0 Å². The monoisotopic (exact) mass is 246 g/mol. The van der Waals surface area contributed by atoms with E-state index in [0.29, 0.717) is 5.41 Å². The summed E-state index contributed by atoms with van der Waals surface area (Å²) in [6.45, 7) is 4.47. The van der Waals surface area contributed by atoms with Crippen LogP contribution in [0.5, 0.6) is 0 Å². The van der Waals surface area contributed by atoms with Crippen molar-refractivity contribution < 1.29 is 9.59 Å². The largest absolute Gasteiger partial charge is 0.335 e. The van der Waals surface area contributed by atoms with Gasteiger partial charge in [0.2, 0.25) is 5.91 Å². The summed E-state index contributed by atoms with van der Waals surface area (Å²) in [6, 6.07) is -0.258. The number of amides is 3. The Labute approximate surface area is 101 Å². The molecular weight excluding hydrogens is 228 g/mol. The van der Waals surface area contributed by atoms with E-state index < -0.39 is 11.9 Å². The highest BCUT2D eigenvalue weighted by Crippen LogP contribution is 2.34. The van der Waals surface area contributed by atoms with Gasteiger partial charge in [0.1, 0.15) is 5.88 Å². The number of hydrogen-bond acceptors (Lipinski definition) is 2. The first-order valence-electron chi connectivity index (χ1n) is 5.59. The van der Waals surface area contributed by atoms with Gasteiger partial charge >= 0.3 is 6.03 Å². The summed E-state index contributed by atoms with van der Waals surface area (Å²) < 4.78 is 0. The van der Waals surface area contributed by atoms with Crippen LogP contribution in [0.4, 0.5) is 4.79 Å². The number of alkyl halides is 1. The molecule has 16 heavy (non-hydrogen) atoms. The number of rotatable bonds is 2. The maximum absolute atomic E-state index is 11.3. The summed E-state index contributed by atoms with van der Waals surface area (Å²) in [4.78, 5) is 22.2. The van der Waals surface area contributed by atoms with Crippen molar-refractivity contribution in [3.05, 3.63) is 0 Å². The Morgan fingerprint density at radius 1 is 1.31 bits per heavy atom. The van der Waals surface area contributed by atoms with Gasteiger partial charge in [-0.25, -0.2) is 4.79 Å². The first-order chi connectivity index (χ1) is 7.43. The lowest BCUT2D eigenvalue weighted by Gasteiger charge is -2.34. The van der Waals surface area contributed by atoms with E-state index in [9.17, 15) is 9.59 Å². The molecule has 0 saturated heterocycles. The molecule has 5 heteroatoms. The normalized spacial score (nSPS) is 20.2. The van der Waals surface area contributed by atoms with Crippen LogP contribution in [0.1, 0.15) is 39.5 Å². The Morgan fingerprint density at radius 3 is 2.38 bits per heavy atom. The third-order valence-corrected chi connectivity index (χ3v) is 3.29. The maximum atomic E-state index is 11.3. The molecule has 1 saturated carbocycles. The topological polar surface area (TPSA) is 58.2 Å². The van der Waals surface area contributed by atoms with Crippen LogP contribution in [0.3, 0.4) is 0 Å². The van der Waals surface area contributed by atoms with E-state index in [1.54, 1.807) is 0 Å². The van der Waals surface area contributed by atoms with Crippen molar-refractivity contribution in [1.82, 2.24) is 10.6 Å². The van der Waals surface area contributed by atoms with Gasteiger partial charge in [-0.05, 0) is 31.1 Å². The molecule has 0 aromatic rings. The zero-order valence-electron chi connectivity index (χ0n) is 9.81. The maximum Gasteiger partial charge on any atom is 0.321 e. The van der Waals surface area contributed by atoms with E-state index in [-0.39, 0.29) is 11.9 Å². The standard InChI is InChI=1S/C11H19ClN2O2/c1-11(2)5-3-8(4-6-11)13-10(16)14-9(15)7-12/h8H,3-7H2,1-2H3,(H2,13,14,15,16). The van der Waals surface area contributed by atoms with Crippen molar-refractivity contribution in [1.29, 1.82) is 0 Å². The number of halogens is 1. The molecule has 0 bridgehead atoms. The zero-order chi connectivity index (χ0) is 12.2. The minimum Gasteiger partial charge on any atom is -0.335 e. The van der Waals surface area contributed by atoms with Gasteiger partial charge in [-0.3, -0.25) is 10.1 Å². The van der Waals surface area contributed by atoms with Crippen molar-refractivity contribution in [2.45, 2.75) is 45.6 Å². The number of nitrogens with one attached hydrogen (secondary N) is 2. The molecule has 0 atom stereocenters. The second kappa shape index (κ2) is 5.53. The molecular formula is C11H19ClN2O2. The molecule has 92 valence electrons. The van der Waals surface area contributed by atoms with Gasteiger partial charge in [0.25, 0.3) is 0 Å². The molecule has 4 nitrogen and oxygen atoms in total. The summed E-state index contributed by atoms with van der Waals surface area (Å²) >= 11 is 5.28. The Kier molecular flexibility index (Phi) is 4.59. The smallest absolute Gasteiger partial charge is 0.321 e. The van der Waals surface area contributed by atoms with Crippen LogP contribution >= 0.6 is 11.6 Å². The molecule has 1 aliphatic carbocycles. The lowest BCUT2D eigenvalue weighted by molar-refractivity contribution is -0.117. The Balaban J connectivity index is 2.28. The third-order valence-electron chi connectivity index (χ3n) is 3.05. The van der Waals surface area contributed by atoms with Gasteiger partial charge in [-0.2, -0.15) is 0 Å². The molecule has 3 amide bonds. The van der Waals surface area contributed by atoms with Gasteiger partial charge in [0, 0.05) is 6.04 Å². The minimum atomic E-state index is -0.463. The molecule has 0 unspecified atom stereocenters. The van der Waals surface area contributed by atoms with Crippen LogP contribution in [-0.4, -0.2) is 23.9 Å². The highest BCUT2D eigenvalue weighted by molar-refractivity contribution is 6.28. The highest BCUT2D eigenvalue weighted by atomic mass is 35.5. The summed E-state index contributed by atoms with van der Waals surface area (Å²) in [5.41, 5.74) is 0.376. The quantitative estimate of drug-likeness (QED) is 0.733. The number of hydrogen-bond donors (Lipinski definition) is 2. The predicted octanol–water partition coefficient (Wildman–Crippen LogP) is 2.02. The van der Waals surface area contributed by atoms with Gasteiger partial charge < -0.3 is 5.32 Å². The molecule has 0 aromatic heterocycles. The fraction of sp³-hybridized carbons (Fsp3) is 0.818. The SMILES string of the molecule is CC1(C)CCC(NC(=O)NC(=O)CCl)CC1. The lowest BCUT2D eigenvalue weighted by atomic mass is 9.76. The van der Waals surface area contributed by atoms with E-state index in [4.69, 9.17) is 11.6 Å². The van der Waals surface area contributed by atoms with Crippen molar-refractivity contribution in [2.24, 2.45) is 5.41 Å². The molecule has 1 rings (SSSR count). The fourth-order valence-corrected chi connectivity index (χ4v) is 1.99. The molecule has 0 aliphatic heterocycles.